The fourth-order valence-electron chi connectivity index (χ4n) is 3.49. The van der Waals surface area contributed by atoms with Gasteiger partial charge in [0, 0.05) is 44.2 Å². The van der Waals surface area contributed by atoms with Crippen molar-refractivity contribution >= 4 is 11.9 Å². The monoisotopic (exact) mass is 408 g/mol. The molecule has 1 heterocycles. The second-order valence-corrected chi connectivity index (χ2v) is 8.02. The Morgan fingerprint density at radius 2 is 1.93 bits per heavy atom. The van der Waals surface area contributed by atoms with Crippen molar-refractivity contribution in [3.63, 3.8) is 0 Å². The number of rotatable bonds is 6. The van der Waals surface area contributed by atoms with E-state index in [0.29, 0.717) is 13.1 Å². The molecule has 3 rings (SSSR count). The molecule has 160 valence electrons. The molecule has 0 radical (unpaired) electrons. The number of carbonyl (C=O) groups is 1. The number of hydrogen-bond acceptors (Lipinski definition) is 3. The van der Waals surface area contributed by atoms with E-state index in [0.717, 1.165) is 36.0 Å². The number of para-hydroxylation sites is 1. The largest absolute Gasteiger partial charge is 0.457 e. The van der Waals surface area contributed by atoms with Gasteiger partial charge in [-0.2, -0.15) is 0 Å². The van der Waals surface area contributed by atoms with E-state index < -0.39 is 0 Å². The van der Waals surface area contributed by atoms with Crippen molar-refractivity contribution in [1.29, 1.82) is 0 Å². The maximum Gasteiger partial charge on any atom is 0.225 e. The molecule has 2 N–H and O–H groups in total. The van der Waals surface area contributed by atoms with Crippen LogP contribution in [0, 0.1) is 12.8 Å². The van der Waals surface area contributed by atoms with Crippen LogP contribution in [0.15, 0.2) is 53.5 Å². The lowest BCUT2D eigenvalue weighted by atomic mass is 10.2. The van der Waals surface area contributed by atoms with E-state index in [4.69, 9.17) is 4.74 Å². The van der Waals surface area contributed by atoms with Crippen molar-refractivity contribution < 1.29 is 9.53 Å². The molecule has 6 nitrogen and oxygen atoms in total. The van der Waals surface area contributed by atoms with Gasteiger partial charge < -0.3 is 20.3 Å². The van der Waals surface area contributed by atoms with Crippen molar-refractivity contribution in [2.75, 3.05) is 20.1 Å². The minimum atomic E-state index is 0.0335. The van der Waals surface area contributed by atoms with Crippen LogP contribution in [0.25, 0.3) is 0 Å². The second-order valence-electron chi connectivity index (χ2n) is 8.02. The molecule has 1 saturated heterocycles. The van der Waals surface area contributed by atoms with Gasteiger partial charge in [0.1, 0.15) is 11.5 Å². The predicted molar refractivity (Wildman–Crippen MR) is 121 cm³/mol. The van der Waals surface area contributed by atoms with Crippen LogP contribution in [0.3, 0.4) is 0 Å². The molecule has 0 spiro atoms. The first-order chi connectivity index (χ1) is 14.5. The van der Waals surface area contributed by atoms with Gasteiger partial charge in [0.15, 0.2) is 5.96 Å². The van der Waals surface area contributed by atoms with E-state index in [-0.39, 0.29) is 17.9 Å². The number of likely N-dealkylation sites (tertiary alicyclic amines) is 1. The summed E-state index contributed by atoms with van der Waals surface area (Å²) in [6.07, 6.45) is 0.923. The van der Waals surface area contributed by atoms with Crippen molar-refractivity contribution in [1.82, 2.24) is 15.5 Å². The number of aryl methyl sites for hydroxylation is 1. The summed E-state index contributed by atoms with van der Waals surface area (Å²) in [5, 5.41) is 6.81. The smallest absolute Gasteiger partial charge is 0.225 e. The first-order valence-electron chi connectivity index (χ1n) is 10.5. The van der Waals surface area contributed by atoms with E-state index in [1.165, 1.54) is 5.56 Å². The van der Waals surface area contributed by atoms with Crippen molar-refractivity contribution in [3.8, 4) is 11.5 Å². The summed E-state index contributed by atoms with van der Waals surface area (Å²) in [7, 11) is 1.76. The van der Waals surface area contributed by atoms with Crippen LogP contribution in [-0.2, 0) is 11.3 Å². The van der Waals surface area contributed by atoms with Gasteiger partial charge >= 0.3 is 0 Å². The Hall–Kier alpha value is -3.02. The topological polar surface area (TPSA) is 66.0 Å². The highest BCUT2D eigenvalue weighted by molar-refractivity contribution is 5.81. The molecule has 2 aromatic carbocycles. The van der Waals surface area contributed by atoms with Gasteiger partial charge in [-0.3, -0.25) is 9.79 Å². The normalized spacial score (nSPS) is 16.6. The number of nitrogens with one attached hydrogen (secondary N) is 2. The van der Waals surface area contributed by atoms with Gasteiger partial charge in [0.05, 0.1) is 0 Å². The Bertz CT molecular complexity index is 877. The fraction of sp³-hybridized carbons (Fsp3) is 0.417. The number of benzene rings is 2. The molecular weight excluding hydrogens is 376 g/mol. The Labute approximate surface area is 179 Å². The minimum absolute atomic E-state index is 0.0335. The van der Waals surface area contributed by atoms with Crippen LogP contribution in [0.2, 0.25) is 0 Å². The van der Waals surface area contributed by atoms with Crippen molar-refractivity contribution in [2.45, 2.75) is 39.8 Å². The number of guanidine groups is 1. The summed E-state index contributed by atoms with van der Waals surface area (Å²) < 4.78 is 6.08. The summed E-state index contributed by atoms with van der Waals surface area (Å²) >= 11 is 0. The average Bonchev–Trinajstić information content (AvgIpc) is 3.21. The highest BCUT2D eigenvalue weighted by Crippen LogP contribution is 2.25. The standard InChI is InChI=1S/C24H32N4O2/c1-17(2)23(29)28-14-13-20(16-28)27-24(25-4)26-15-19-7-5-6-8-22(19)30-21-11-9-18(3)10-12-21/h5-12,17,20H,13-16H2,1-4H3,(H2,25,26,27). The quantitative estimate of drug-likeness (QED) is 0.565. The van der Waals surface area contributed by atoms with E-state index in [2.05, 4.69) is 22.5 Å². The molecule has 1 amide bonds. The Morgan fingerprint density at radius 1 is 1.20 bits per heavy atom. The number of amides is 1. The lowest BCUT2D eigenvalue weighted by molar-refractivity contribution is -0.133. The first-order valence-corrected chi connectivity index (χ1v) is 10.5. The van der Waals surface area contributed by atoms with Crippen LogP contribution >= 0.6 is 0 Å². The predicted octanol–water partition coefficient (Wildman–Crippen LogP) is 3.71. The Kier molecular flexibility index (Phi) is 7.33. The zero-order chi connectivity index (χ0) is 21.5. The third-order valence-electron chi connectivity index (χ3n) is 5.23. The zero-order valence-electron chi connectivity index (χ0n) is 18.3. The molecule has 1 aliphatic heterocycles. The first kappa shape index (κ1) is 21.7. The molecule has 0 saturated carbocycles. The van der Waals surface area contributed by atoms with E-state index >= 15 is 0 Å². The van der Waals surface area contributed by atoms with Gasteiger partial charge in [-0.25, -0.2) is 0 Å². The number of nitrogens with zero attached hydrogens (tertiary/aromatic N) is 2. The maximum absolute atomic E-state index is 12.2. The second kappa shape index (κ2) is 10.1. The van der Waals surface area contributed by atoms with Crippen LogP contribution in [0.4, 0.5) is 0 Å². The molecule has 1 fully saturated rings. The average molecular weight is 409 g/mol. The molecule has 1 aliphatic rings. The molecule has 2 aromatic rings. The molecule has 0 aromatic heterocycles. The van der Waals surface area contributed by atoms with E-state index in [1.807, 2.05) is 67.3 Å². The highest BCUT2D eigenvalue weighted by atomic mass is 16.5. The number of hydrogen-bond donors (Lipinski definition) is 2. The van der Waals surface area contributed by atoms with Crippen LogP contribution < -0.4 is 15.4 Å². The lowest BCUT2D eigenvalue weighted by Crippen LogP contribution is -2.45. The lowest BCUT2D eigenvalue weighted by Gasteiger charge is -2.20. The summed E-state index contributed by atoms with van der Waals surface area (Å²) in [5.41, 5.74) is 2.25. The van der Waals surface area contributed by atoms with E-state index in [9.17, 15) is 4.79 Å². The molecule has 0 bridgehead atoms. The Morgan fingerprint density at radius 3 is 2.63 bits per heavy atom. The zero-order valence-corrected chi connectivity index (χ0v) is 18.3. The summed E-state index contributed by atoms with van der Waals surface area (Å²) in [6, 6.07) is 16.2. The molecule has 1 atom stereocenters. The number of aliphatic imine (C=N–C) groups is 1. The van der Waals surface area contributed by atoms with Crippen molar-refractivity contribution in [2.24, 2.45) is 10.9 Å². The van der Waals surface area contributed by atoms with Gasteiger partial charge in [0.25, 0.3) is 0 Å². The van der Waals surface area contributed by atoms with Crippen molar-refractivity contribution in [3.05, 3.63) is 59.7 Å². The minimum Gasteiger partial charge on any atom is -0.457 e. The van der Waals surface area contributed by atoms with Crippen LogP contribution in [0.1, 0.15) is 31.4 Å². The van der Waals surface area contributed by atoms with Gasteiger partial charge in [0.2, 0.25) is 5.91 Å². The van der Waals surface area contributed by atoms with Gasteiger partial charge in [-0.05, 0) is 31.5 Å². The molecule has 30 heavy (non-hydrogen) atoms. The summed E-state index contributed by atoms with van der Waals surface area (Å²) in [6.45, 7) is 8.04. The number of ether oxygens (including phenoxy) is 1. The molecule has 1 unspecified atom stereocenters. The van der Waals surface area contributed by atoms with E-state index in [1.54, 1.807) is 7.05 Å². The fourth-order valence-corrected chi connectivity index (χ4v) is 3.49. The Balaban J connectivity index is 1.57. The maximum atomic E-state index is 12.2. The third kappa shape index (κ3) is 5.75. The third-order valence-corrected chi connectivity index (χ3v) is 5.23. The molecular formula is C24H32N4O2. The number of carbonyl (C=O) groups excluding carboxylic acids is 1. The van der Waals surface area contributed by atoms with Gasteiger partial charge in [-0.1, -0.05) is 49.7 Å². The van der Waals surface area contributed by atoms with Crippen LogP contribution in [-0.4, -0.2) is 42.9 Å². The molecule has 6 heteroatoms. The summed E-state index contributed by atoms with van der Waals surface area (Å²) in [5.74, 6) is 2.61. The highest BCUT2D eigenvalue weighted by Gasteiger charge is 2.27. The molecule has 0 aliphatic carbocycles. The van der Waals surface area contributed by atoms with Gasteiger partial charge in [-0.15, -0.1) is 0 Å². The SMILES string of the molecule is CN=C(NCc1ccccc1Oc1ccc(C)cc1)NC1CCN(C(=O)C(C)C)C1. The summed E-state index contributed by atoms with van der Waals surface area (Å²) in [4.78, 5) is 18.5. The van der Waals surface area contributed by atoms with Crippen LogP contribution in [0.5, 0.6) is 11.5 Å².